The van der Waals surface area contributed by atoms with E-state index >= 15 is 0 Å². The summed E-state index contributed by atoms with van der Waals surface area (Å²) in [5.41, 5.74) is 1.96. The van der Waals surface area contributed by atoms with Gasteiger partial charge in [0.1, 0.15) is 5.69 Å². The predicted octanol–water partition coefficient (Wildman–Crippen LogP) is 2.56. The second-order valence-corrected chi connectivity index (χ2v) is 5.53. The molecule has 1 aliphatic rings. The molecule has 1 saturated heterocycles. The van der Waals surface area contributed by atoms with Crippen LogP contribution in [0.1, 0.15) is 10.5 Å². The van der Waals surface area contributed by atoms with Crippen LogP contribution < -0.4 is 15.5 Å². The average molecular weight is 349 g/mol. The molecule has 0 radical (unpaired) electrons. The number of anilines is 2. The minimum Gasteiger partial charge on any atom is -0.356 e. The fourth-order valence-corrected chi connectivity index (χ4v) is 2.48. The lowest BCUT2D eigenvalue weighted by molar-refractivity contribution is 0.102. The largest absolute Gasteiger partial charge is 0.356 e. The number of benzene rings is 1. The minimum atomic E-state index is -0.215. The van der Waals surface area contributed by atoms with Gasteiger partial charge in [0.2, 0.25) is 0 Å². The first-order valence-corrected chi connectivity index (χ1v) is 7.23. The minimum absolute atomic E-state index is 0.0944. The highest BCUT2D eigenvalue weighted by Crippen LogP contribution is 2.20. The van der Waals surface area contributed by atoms with E-state index < -0.39 is 0 Å². The molecule has 3 amide bonds. The summed E-state index contributed by atoms with van der Waals surface area (Å²) in [4.78, 5) is 28.1. The number of amides is 3. The summed E-state index contributed by atoms with van der Waals surface area (Å²) in [6.45, 7) is 1.31. The lowest BCUT2D eigenvalue weighted by atomic mass is 10.2. The topological polar surface area (TPSA) is 77.2 Å². The number of nitrogens with zero attached hydrogens (tertiary/aromatic N) is 1. The van der Waals surface area contributed by atoms with E-state index in [0.29, 0.717) is 24.5 Å². The van der Waals surface area contributed by atoms with Crippen molar-refractivity contribution >= 4 is 39.2 Å². The number of aromatic nitrogens is 1. The quantitative estimate of drug-likeness (QED) is 0.797. The summed E-state index contributed by atoms with van der Waals surface area (Å²) in [5.74, 6) is -0.215. The van der Waals surface area contributed by atoms with Gasteiger partial charge in [-0.05, 0) is 46.3 Å². The lowest BCUT2D eigenvalue weighted by Crippen LogP contribution is -2.27. The van der Waals surface area contributed by atoms with Crippen molar-refractivity contribution in [2.45, 2.75) is 0 Å². The SMILES string of the molecule is O=C(Nc1ccc(N2CCNC2=O)cc1)c1cc(Br)c[nH]1. The van der Waals surface area contributed by atoms with Gasteiger partial charge >= 0.3 is 6.03 Å². The van der Waals surface area contributed by atoms with Crippen LogP contribution in [0.15, 0.2) is 41.0 Å². The van der Waals surface area contributed by atoms with Crippen molar-refractivity contribution in [1.29, 1.82) is 0 Å². The van der Waals surface area contributed by atoms with Crippen LogP contribution in [-0.2, 0) is 0 Å². The molecule has 0 unspecified atom stereocenters. The van der Waals surface area contributed by atoms with Gasteiger partial charge in [-0.2, -0.15) is 0 Å². The molecule has 3 rings (SSSR count). The zero-order valence-corrected chi connectivity index (χ0v) is 12.6. The molecule has 1 aliphatic heterocycles. The van der Waals surface area contributed by atoms with Crippen molar-refractivity contribution in [2.24, 2.45) is 0 Å². The second kappa shape index (κ2) is 5.61. The maximum Gasteiger partial charge on any atom is 0.321 e. The van der Waals surface area contributed by atoms with Gasteiger partial charge in [-0.15, -0.1) is 0 Å². The number of hydrogen-bond donors (Lipinski definition) is 3. The number of hydrogen-bond acceptors (Lipinski definition) is 2. The Kier molecular flexibility index (Phi) is 3.66. The maximum absolute atomic E-state index is 12.0. The standard InChI is InChI=1S/C14H13BrN4O2/c15-9-7-12(17-8-9)13(20)18-10-1-3-11(4-2-10)19-6-5-16-14(19)21/h1-4,7-8,17H,5-6H2,(H,16,21)(H,18,20). The first kappa shape index (κ1) is 13.7. The monoisotopic (exact) mass is 348 g/mol. The molecular formula is C14H13BrN4O2. The smallest absolute Gasteiger partial charge is 0.321 e. The van der Waals surface area contributed by atoms with Gasteiger partial charge in [0.15, 0.2) is 0 Å². The molecule has 0 atom stereocenters. The molecule has 108 valence electrons. The van der Waals surface area contributed by atoms with Gasteiger partial charge in [-0.1, -0.05) is 0 Å². The first-order chi connectivity index (χ1) is 10.1. The zero-order chi connectivity index (χ0) is 14.8. The Hall–Kier alpha value is -2.28. The van der Waals surface area contributed by atoms with Crippen molar-refractivity contribution in [3.05, 3.63) is 46.7 Å². The second-order valence-electron chi connectivity index (χ2n) is 4.62. The van der Waals surface area contributed by atoms with E-state index in [1.807, 2.05) is 12.1 Å². The zero-order valence-electron chi connectivity index (χ0n) is 11.0. The highest BCUT2D eigenvalue weighted by Gasteiger charge is 2.20. The number of aromatic amines is 1. The van der Waals surface area contributed by atoms with Crippen LogP contribution >= 0.6 is 15.9 Å². The molecule has 2 heterocycles. The lowest BCUT2D eigenvalue weighted by Gasteiger charge is -2.14. The summed E-state index contributed by atoms with van der Waals surface area (Å²) in [6, 6.07) is 8.78. The number of H-pyrrole nitrogens is 1. The van der Waals surface area contributed by atoms with Gasteiger partial charge in [-0.25, -0.2) is 4.79 Å². The molecule has 0 aliphatic carbocycles. The summed E-state index contributed by atoms with van der Waals surface area (Å²) >= 11 is 3.28. The molecule has 1 fully saturated rings. The Morgan fingerprint density at radius 1 is 1.29 bits per heavy atom. The summed E-state index contributed by atoms with van der Waals surface area (Å²) in [5, 5.41) is 5.54. The molecule has 1 aromatic carbocycles. The van der Waals surface area contributed by atoms with Gasteiger partial charge in [0.05, 0.1) is 0 Å². The number of urea groups is 1. The van der Waals surface area contributed by atoms with Gasteiger partial charge in [0.25, 0.3) is 5.91 Å². The Bertz CT molecular complexity index is 681. The highest BCUT2D eigenvalue weighted by molar-refractivity contribution is 9.10. The van der Waals surface area contributed by atoms with E-state index in [2.05, 4.69) is 31.5 Å². The van der Waals surface area contributed by atoms with E-state index in [9.17, 15) is 9.59 Å². The third-order valence-electron chi connectivity index (χ3n) is 3.19. The molecule has 0 bridgehead atoms. The van der Waals surface area contributed by atoms with E-state index in [1.54, 1.807) is 29.3 Å². The van der Waals surface area contributed by atoms with Crippen molar-refractivity contribution in [3.8, 4) is 0 Å². The summed E-state index contributed by atoms with van der Waals surface area (Å²) < 4.78 is 0.822. The van der Waals surface area contributed by atoms with Crippen LogP contribution in [0.2, 0.25) is 0 Å². The van der Waals surface area contributed by atoms with Crippen molar-refractivity contribution in [3.63, 3.8) is 0 Å². The van der Waals surface area contributed by atoms with Crippen LogP contribution in [0.3, 0.4) is 0 Å². The van der Waals surface area contributed by atoms with Crippen LogP contribution in [0.4, 0.5) is 16.2 Å². The van der Waals surface area contributed by atoms with Crippen LogP contribution in [0.5, 0.6) is 0 Å². The Labute approximate surface area is 129 Å². The van der Waals surface area contributed by atoms with Gasteiger partial charge in [0, 0.05) is 35.1 Å². The first-order valence-electron chi connectivity index (χ1n) is 6.44. The number of nitrogens with one attached hydrogen (secondary N) is 3. The fourth-order valence-electron chi connectivity index (χ4n) is 2.14. The van der Waals surface area contributed by atoms with E-state index in [-0.39, 0.29) is 11.9 Å². The Morgan fingerprint density at radius 2 is 2.05 bits per heavy atom. The molecule has 21 heavy (non-hydrogen) atoms. The third-order valence-corrected chi connectivity index (χ3v) is 3.64. The van der Waals surface area contributed by atoms with E-state index in [4.69, 9.17) is 0 Å². The summed E-state index contributed by atoms with van der Waals surface area (Å²) in [6.07, 6.45) is 1.70. The molecule has 0 spiro atoms. The average Bonchev–Trinajstić information content (AvgIpc) is 3.08. The van der Waals surface area contributed by atoms with Crippen LogP contribution in [0, 0.1) is 0 Å². The number of rotatable bonds is 3. The molecule has 0 saturated carbocycles. The van der Waals surface area contributed by atoms with Crippen molar-refractivity contribution in [2.75, 3.05) is 23.3 Å². The Morgan fingerprint density at radius 3 is 2.62 bits per heavy atom. The van der Waals surface area contributed by atoms with Crippen molar-refractivity contribution in [1.82, 2.24) is 10.3 Å². The molecule has 1 aromatic heterocycles. The Balaban J connectivity index is 1.69. The molecule has 6 nitrogen and oxygen atoms in total. The molecule has 3 N–H and O–H groups in total. The van der Waals surface area contributed by atoms with Gasteiger partial charge in [-0.3, -0.25) is 9.69 Å². The van der Waals surface area contributed by atoms with E-state index in [1.165, 1.54) is 0 Å². The predicted molar refractivity (Wildman–Crippen MR) is 83.6 cm³/mol. The number of halogens is 1. The van der Waals surface area contributed by atoms with Crippen LogP contribution in [-0.4, -0.2) is 30.0 Å². The van der Waals surface area contributed by atoms with Crippen LogP contribution in [0.25, 0.3) is 0 Å². The summed E-state index contributed by atoms with van der Waals surface area (Å²) in [7, 11) is 0. The maximum atomic E-state index is 12.0. The molecule has 2 aromatic rings. The van der Waals surface area contributed by atoms with Crippen molar-refractivity contribution < 1.29 is 9.59 Å². The van der Waals surface area contributed by atoms with Gasteiger partial charge < -0.3 is 15.6 Å². The molecular weight excluding hydrogens is 336 g/mol. The van der Waals surface area contributed by atoms with E-state index in [0.717, 1.165) is 10.2 Å². The fraction of sp³-hybridized carbons (Fsp3) is 0.143. The normalized spacial score (nSPS) is 14.1. The highest BCUT2D eigenvalue weighted by atomic mass is 79.9. The molecule has 7 heteroatoms. The third kappa shape index (κ3) is 2.92. The number of carbonyl (C=O) groups excluding carboxylic acids is 2. The number of carbonyl (C=O) groups is 2.